The molecule has 0 saturated heterocycles. The number of nitrogens with zero attached hydrogens (tertiary/aromatic N) is 1. The van der Waals surface area contributed by atoms with Crippen molar-refractivity contribution < 1.29 is 8.42 Å². The molecule has 0 bridgehead atoms. The standard InChI is InChI=1S/C16H18N2O2S/c1-13(2)17-16(14-9-5-3-6-10-14)18-21(19,20)15-11-7-4-8-12-15/h3-13H,1-2H3,(H,17,18). The molecule has 0 fully saturated rings. The highest BCUT2D eigenvalue weighted by atomic mass is 32.2. The fraction of sp³-hybridized carbons (Fsp3) is 0.188. The summed E-state index contributed by atoms with van der Waals surface area (Å²) in [6.07, 6.45) is 0. The minimum Gasteiger partial charge on any atom is -0.265 e. The van der Waals surface area contributed by atoms with Crippen molar-refractivity contribution in [1.29, 1.82) is 0 Å². The SMILES string of the molecule is CC(C)N=C(NS(=O)(=O)c1ccccc1)c1ccccc1. The smallest absolute Gasteiger partial charge is 0.263 e. The minimum atomic E-state index is -3.63. The zero-order chi connectivity index (χ0) is 15.3. The summed E-state index contributed by atoms with van der Waals surface area (Å²) in [5.41, 5.74) is 0.741. The van der Waals surface area contributed by atoms with E-state index in [-0.39, 0.29) is 10.9 Å². The Morgan fingerprint density at radius 1 is 0.952 bits per heavy atom. The molecule has 0 aliphatic rings. The van der Waals surface area contributed by atoms with Gasteiger partial charge in [-0.15, -0.1) is 0 Å². The first-order valence-corrected chi connectivity index (χ1v) is 8.18. The van der Waals surface area contributed by atoms with Crippen LogP contribution < -0.4 is 4.72 Å². The van der Waals surface area contributed by atoms with Crippen molar-refractivity contribution in [1.82, 2.24) is 4.72 Å². The maximum atomic E-state index is 12.4. The van der Waals surface area contributed by atoms with Gasteiger partial charge in [-0.2, -0.15) is 0 Å². The van der Waals surface area contributed by atoms with E-state index in [1.807, 2.05) is 44.2 Å². The van der Waals surface area contributed by atoms with E-state index in [2.05, 4.69) is 9.71 Å². The second-order valence-electron chi connectivity index (χ2n) is 4.86. The molecular formula is C16H18N2O2S. The number of nitrogens with one attached hydrogen (secondary N) is 1. The second kappa shape index (κ2) is 6.54. The first kappa shape index (κ1) is 15.3. The van der Waals surface area contributed by atoms with Crippen LogP contribution in [-0.4, -0.2) is 20.3 Å². The number of sulfonamides is 1. The molecule has 0 aliphatic carbocycles. The molecule has 0 radical (unpaired) electrons. The van der Waals surface area contributed by atoms with Crippen molar-refractivity contribution in [2.45, 2.75) is 24.8 Å². The normalized spacial score (nSPS) is 12.4. The van der Waals surface area contributed by atoms with Gasteiger partial charge in [-0.1, -0.05) is 48.5 Å². The Hall–Kier alpha value is -2.14. The molecule has 5 heteroatoms. The maximum Gasteiger partial charge on any atom is 0.263 e. The van der Waals surface area contributed by atoms with E-state index in [1.165, 1.54) is 0 Å². The summed E-state index contributed by atoms with van der Waals surface area (Å²) >= 11 is 0. The van der Waals surface area contributed by atoms with Gasteiger partial charge >= 0.3 is 0 Å². The van der Waals surface area contributed by atoms with E-state index in [9.17, 15) is 8.42 Å². The van der Waals surface area contributed by atoms with Gasteiger partial charge in [0.25, 0.3) is 10.0 Å². The number of hydrogen-bond donors (Lipinski definition) is 1. The highest BCUT2D eigenvalue weighted by molar-refractivity contribution is 7.90. The summed E-state index contributed by atoms with van der Waals surface area (Å²) < 4.78 is 27.4. The zero-order valence-electron chi connectivity index (χ0n) is 12.0. The van der Waals surface area contributed by atoms with E-state index < -0.39 is 10.0 Å². The van der Waals surface area contributed by atoms with E-state index in [1.54, 1.807) is 30.3 Å². The average molecular weight is 302 g/mol. The summed E-state index contributed by atoms with van der Waals surface area (Å²) in [5.74, 6) is 0.356. The van der Waals surface area contributed by atoms with Crippen molar-refractivity contribution in [3.63, 3.8) is 0 Å². The molecule has 1 N–H and O–H groups in total. The van der Waals surface area contributed by atoms with Gasteiger partial charge in [0.15, 0.2) is 0 Å². The third-order valence-corrected chi connectivity index (χ3v) is 4.07. The third kappa shape index (κ3) is 4.16. The third-order valence-electron chi connectivity index (χ3n) is 2.72. The molecule has 0 spiro atoms. The number of amidine groups is 1. The highest BCUT2D eigenvalue weighted by Gasteiger charge is 2.17. The predicted octanol–water partition coefficient (Wildman–Crippen LogP) is 2.82. The average Bonchev–Trinajstić information content (AvgIpc) is 2.48. The van der Waals surface area contributed by atoms with Gasteiger partial charge in [0.1, 0.15) is 5.84 Å². The van der Waals surface area contributed by atoms with Crippen LogP contribution in [0, 0.1) is 0 Å². The highest BCUT2D eigenvalue weighted by Crippen LogP contribution is 2.10. The summed E-state index contributed by atoms with van der Waals surface area (Å²) in [6, 6.07) is 17.5. The summed E-state index contributed by atoms with van der Waals surface area (Å²) in [7, 11) is -3.63. The first-order chi connectivity index (χ1) is 9.99. The van der Waals surface area contributed by atoms with E-state index in [4.69, 9.17) is 0 Å². The van der Waals surface area contributed by atoms with Gasteiger partial charge in [-0.25, -0.2) is 8.42 Å². The van der Waals surface area contributed by atoms with Crippen LogP contribution in [0.4, 0.5) is 0 Å². The first-order valence-electron chi connectivity index (χ1n) is 6.70. The van der Waals surface area contributed by atoms with E-state index >= 15 is 0 Å². The molecule has 2 aromatic rings. The molecule has 0 amide bonds. The van der Waals surface area contributed by atoms with Gasteiger partial charge in [-0.3, -0.25) is 9.71 Å². The fourth-order valence-electron chi connectivity index (χ4n) is 1.80. The Morgan fingerprint density at radius 3 is 2.00 bits per heavy atom. The lowest BCUT2D eigenvalue weighted by molar-refractivity contribution is 0.592. The molecule has 2 rings (SSSR count). The lowest BCUT2D eigenvalue weighted by Crippen LogP contribution is -2.32. The Labute approximate surface area is 125 Å². The molecule has 4 nitrogen and oxygen atoms in total. The molecule has 0 saturated carbocycles. The molecule has 0 unspecified atom stereocenters. The van der Waals surface area contributed by atoms with Crippen LogP contribution in [0.15, 0.2) is 70.6 Å². The van der Waals surface area contributed by atoms with Crippen LogP contribution in [0.3, 0.4) is 0 Å². The van der Waals surface area contributed by atoms with Gasteiger partial charge < -0.3 is 0 Å². The lowest BCUT2D eigenvalue weighted by atomic mass is 10.2. The van der Waals surface area contributed by atoms with E-state index in [0.717, 1.165) is 5.56 Å². The minimum absolute atomic E-state index is 0.0151. The van der Waals surface area contributed by atoms with Gasteiger partial charge in [0, 0.05) is 11.6 Å². The second-order valence-corrected chi connectivity index (χ2v) is 6.54. The van der Waals surface area contributed by atoms with Crippen molar-refractivity contribution in [3.05, 3.63) is 66.2 Å². The fourth-order valence-corrected chi connectivity index (χ4v) is 2.86. The van der Waals surface area contributed by atoms with Gasteiger partial charge in [-0.05, 0) is 26.0 Å². The van der Waals surface area contributed by atoms with Gasteiger partial charge in [0.05, 0.1) is 4.90 Å². The van der Waals surface area contributed by atoms with Crippen LogP contribution in [0.25, 0.3) is 0 Å². The molecule has 21 heavy (non-hydrogen) atoms. The van der Waals surface area contributed by atoms with Crippen LogP contribution in [0.2, 0.25) is 0 Å². The van der Waals surface area contributed by atoms with E-state index in [0.29, 0.717) is 5.84 Å². The molecular weight excluding hydrogens is 284 g/mol. The summed E-state index contributed by atoms with van der Waals surface area (Å²) in [4.78, 5) is 4.60. The molecule has 0 aliphatic heterocycles. The summed E-state index contributed by atoms with van der Waals surface area (Å²) in [6.45, 7) is 3.81. The maximum absolute atomic E-state index is 12.4. The predicted molar refractivity (Wildman–Crippen MR) is 84.9 cm³/mol. The quantitative estimate of drug-likeness (QED) is 0.697. The van der Waals surface area contributed by atoms with Crippen LogP contribution in [0.1, 0.15) is 19.4 Å². The Kier molecular flexibility index (Phi) is 4.75. The van der Waals surface area contributed by atoms with Crippen molar-refractivity contribution >= 4 is 15.9 Å². The Balaban J connectivity index is 2.37. The number of hydrogen-bond acceptors (Lipinski definition) is 3. The van der Waals surface area contributed by atoms with Gasteiger partial charge in [0.2, 0.25) is 0 Å². The number of rotatable bonds is 4. The van der Waals surface area contributed by atoms with Crippen LogP contribution >= 0.6 is 0 Å². The zero-order valence-corrected chi connectivity index (χ0v) is 12.8. The van der Waals surface area contributed by atoms with Crippen LogP contribution in [0.5, 0.6) is 0 Å². The number of benzene rings is 2. The lowest BCUT2D eigenvalue weighted by Gasteiger charge is -2.12. The van der Waals surface area contributed by atoms with Crippen LogP contribution in [-0.2, 0) is 10.0 Å². The molecule has 0 heterocycles. The topological polar surface area (TPSA) is 58.5 Å². The van der Waals surface area contributed by atoms with Crippen molar-refractivity contribution in [2.24, 2.45) is 4.99 Å². The molecule has 0 aromatic heterocycles. The largest absolute Gasteiger partial charge is 0.265 e. The summed E-state index contributed by atoms with van der Waals surface area (Å²) in [5, 5.41) is 0. The molecule has 2 aromatic carbocycles. The Morgan fingerprint density at radius 2 is 1.48 bits per heavy atom. The Bertz CT molecular complexity index is 708. The number of aliphatic imine (C=N–C) groups is 1. The van der Waals surface area contributed by atoms with Crippen molar-refractivity contribution in [2.75, 3.05) is 0 Å². The monoisotopic (exact) mass is 302 g/mol. The molecule has 0 atom stereocenters. The van der Waals surface area contributed by atoms with Crippen molar-refractivity contribution in [3.8, 4) is 0 Å². The molecule has 110 valence electrons.